The fraction of sp³-hybridized carbons (Fsp3) is 1.00. The van der Waals surface area contributed by atoms with Gasteiger partial charge in [-0.25, -0.2) is 0 Å². The Balaban J connectivity index is 2.33. The smallest absolute Gasteiger partial charge is 0.0292 e. The van der Waals surface area contributed by atoms with Crippen LogP contribution in [0.25, 0.3) is 0 Å². The van der Waals surface area contributed by atoms with Crippen molar-refractivity contribution in [2.75, 3.05) is 17.3 Å². The normalized spacial score (nSPS) is 29.8. The summed E-state index contributed by atoms with van der Waals surface area (Å²) in [6.07, 6.45) is 1.21. The van der Waals surface area contributed by atoms with Crippen LogP contribution in [0.3, 0.4) is 0 Å². The molecule has 0 aromatic carbocycles. The lowest BCUT2D eigenvalue weighted by atomic mass is 9.98. The van der Waals surface area contributed by atoms with Gasteiger partial charge in [0.1, 0.15) is 0 Å². The SMILES string of the molecule is CCC(C)C(N)C1CSCCS1. The fourth-order valence-corrected chi connectivity index (χ4v) is 4.31. The first-order chi connectivity index (χ1) is 5.75. The molecule has 0 saturated carbocycles. The second kappa shape index (κ2) is 5.40. The summed E-state index contributed by atoms with van der Waals surface area (Å²) < 4.78 is 0. The second-order valence-electron chi connectivity index (χ2n) is 3.45. The molecule has 3 unspecified atom stereocenters. The van der Waals surface area contributed by atoms with E-state index in [1.165, 1.54) is 23.7 Å². The molecule has 0 spiro atoms. The largest absolute Gasteiger partial charge is 0.326 e. The van der Waals surface area contributed by atoms with E-state index < -0.39 is 0 Å². The molecule has 1 rings (SSSR count). The summed E-state index contributed by atoms with van der Waals surface area (Å²) in [6.45, 7) is 4.50. The van der Waals surface area contributed by atoms with Crippen LogP contribution in [0.15, 0.2) is 0 Å². The fourth-order valence-electron chi connectivity index (χ4n) is 1.37. The Morgan fingerprint density at radius 3 is 2.75 bits per heavy atom. The average molecular weight is 205 g/mol. The first-order valence-electron chi connectivity index (χ1n) is 4.70. The maximum absolute atomic E-state index is 6.17. The standard InChI is InChI=1S/C9H19NS2/c1-3-7(2)9(10)8-6-11-4-5-12-8/h7-9H,3-6,10H2,1-2H3. The topological polar surface area (TPSA) is 26.0 Å². The maximum atomic E-state index is 6.17. The predicted octanol–water partition coefficient (Wildman–Crippen LogP) is 2.21. The summed E-state index contributed by atoms with van der Waals surface area (Å²) in [6, 6.07) is 0.410. The molecule has 0 radical (unpaired) electrons. The lowest BCUT2D eigenvalue weighted by Crippen LogP contribution is -2.41. The van der Waals surface area contributed by atoms with Crippen molar-refractivity contribution >= 4 is 23.5 Å². The van der Waals surface area contributed by atoms with E-state index >= 15 is 0 Å². The van der Waals surface area contributed by atoms with Crippen molar-refractivity contribution < 1.29 is 0 Å². The van der Waals surface area contributed by atoms with E-state index in [0.717, 1.165) is 0 Å². The van der Waals surface area contributed by atoms with E-state index in [1.54, 1.807) is 0 Å². The molecule has 12 heavy (non-hydrogen) atoms. The zero-order valence-corrected chi connectivity index (χ0v) is 9.59. The Morgan fingerprint density at radius 1 is 1.50 bits per heavy atom. The minimum Gasteiger partial charge on any atom is -0.326 e. The van der Waals surface area contributed by atoms with Crippen LogP contribution in [-0.2, 0) is 0 Å². The molecule has 3 heteroatoms. The lowest BCUT2D eigenvalue weighted by molar-refractivity contribution is 0.441. The monoisotopic (exact) mass is 205 g/mol. The highest BCUT2D eigenvalue weighted by Gasteiger charge is 2.24. The Bertz CT molecular complexity index is 124. The van der Waals surface area contributed by atoms with E-state index in [4.69, 9.17) is 5.73 Å². The van der Waals surface area contributed by atoms with Crippen molar-refractivity contribution in [2.24, 2.45) is 11.7 Å². The van der Waals surface area contributed by atoms with Crippen LogP contribution in [0.2, 0.25) is 0 Å². The number of nitrogens with two attached hydrogens (primary N) is 1. The van der Waals surface area contributed by atoms with Gasteiger partial charge >= 0.3 is 0 Å². The molecular formula is C9H19NS2. The minimum absolute atomic E-state index is 0.410. The average Bonchev–Trinajstić information content (AvgIpc) is 2.17. The third-order valence-electron chi connectivity index (χ3n) is 2.57. The molecule has 0 aliphatic carbocycles. The van der Waals surface area contributed by atoms with Gasteiger partial charge in [-0.15, -0.1) is 0 Å². The van der Waals surface area contributed by atoms with Crippen LogP contribution in [0.5, 0.6) is 0 Å². The van der Waals surface area contributed by atoms with Crippen LogP contribution in [0.4, 0.5) is 0 Å². The van der Waals surface area contributed by atoms with Crippen molar-refractivity contribution in [2.45, 2.75) is 31.6 Å². The molecule has 3 atom stereocenters. The predicted molar refractivity (Wildman–Crippen MR) is 61.0 cm³/mol. The van der Waals surface area contributed by atoms with E-state index in [1.807, 2.05) is 0 Å². The Hall–Kier alpha value is 0.660. The van der Waals surface area contributed by atoms with Crippen LogP contribution < -0.4 is 5.73 Å². The van der Waals surface area contributed by atoms with Crippen LogP contribution in [-0.4, -0.2) is 28.6 Å². The molecule has 1 fully saturated rings. The number of hydrogen-bond donors (Lipinski definition) is 1. The summed E-state index contributed by atoms with van der Waals surface area (Å²) in [5, 5.41) is 0.707. The van der Waals surface area contributed by atoms with E-state index in [9.17, 15) is 0 Å². The lowest BCUT2D eigenvalue weighted by Gasteiger charge is -2.30. The van der Waals surface area contributed by atoms with Gasteiger partial charge in [0, 0.05) is 28.6 Å². The zero-order chi connectivity index (χ0) is 8.97. The van der Waals surface area contributed by atoms with Crippen molar-refractivity contribution in [3.8, 4) is 0 Å². The minimum atomic E-state index is 0.410. The van der Waals surface area contributed by atoms with Crippen LogP contribution in [0.1, 0.15) is 20.3 Å². The second-order valence-corrected chi connectivity index (χ2v) is 5.94. The van der Waals surface area contributed by atoms with Crippen molar-refractivity contribution in [3.63, 3.8) is 0 Å². The van der Waals surface area contributed by atoms with Crippen molar-refractivity contribution in [1.82, 2.24) is 0 Å². The van der Waals surface area contributed by atoms with E-state index in [2.05, 4.69) is 37.4 Å². The highest BCUT2D eigenvalue weighted by molar-refractivity contribution is 8.06. The number of thioether (sulfide) groups is 2. The van der Waals surface area contributed by atoms with Gasteiger partial charge < -0.3 is 5.73 Å². The first-order valence-corrected chi connectivity index (χ1v) is 6.91. The number of hydrogen-bond acceptors (Lipinski definition) is 3. The van der Waals surface area contributed by atoms with E-state index in [-0.39, 0.29) is 0 Å². The summed E-state index contributed by atoms with van der Waals surface area (Å²) in [4.78, 5) is 0. The summed E-state index contributed by atoms with van der Waals surface area (Å²) >= 11 is 4.13. The molecule has 72 valence electrons. The molecule has 1 nitrogen and oxygen atoms in total. The molecule has 0 aromatic heterocycles. The van der Waals surface area contributed by atoms with Gasteiger partial charge in [0.25, 0.3) is 0 Å². The zero-order valence-electron chi connectivity index (χ0n) is 7.95. The summed E-state index contributed by atoms with van der Waals surface area (Å²) in [5.41, 5.74) is 6.17. The maximum Gasteiger partial charge on any atom is 0.0292 e. The van der Waals surface area contributed by atoms with E-state index in [0.29, 0.717) is 17.2 Å². The molecule has 0 amide bonds. The molecule has 1 aliphatic heterocycles. The molecule has 0 aromatic rings. The molecule has 1 aliphatic rings. The molecule has 1 saturated heterocycles. The van der Waals surface area contributed by atoms with Gasteiger partial charge in [-0.2, -0.15) is 23.5 Å². The number of rotatable bonds is 3. The summed E-state index contributed by atoms with van der Waals surface area (Å²) in [5.74, 6) is 4.55. The summed E-state index contributed by atoms with van der Waals surface area (Å²) in [7, 11) is 0. The Kier molecular flexibility index (Phi) is 4.84. The van der Waals surface area contributed by atoms with Crippen LogP contribution in [0, 0.1) is 5.92 Å². The van der Waals surface area contributed by atoms with Gasteiger partial charge in [0.05, 0.1) is 0 Å². The highest BCUT2D eigenvalue weighted by atomic mass is 32.2. The van der Waals surface area contributed by atoms with Gasteiger partial charge in [0.15, 0.2) is 0 Å². The molecule has 1 heterocycles. The Labute approximate surface area is 84.2 Å². The van der Waals surface area contributed by atoms with Crippen LogP contribution >= 0.6 is 23.5 Å². The van der Waals surface area contributed by atoms with Gasteiger partial charge in [-0.3, -0.25) is 0 Å². The van der Waals surface area contributed by atoms with Gasteiger partial charge in [-0.05, 0) is 5.92 Å². The first kappa shape index (κ1) is 10.7. The van der Waals surface area contributed by atoms with Crippen molar-refractivity contribution in [3.05, 3.63) is 0 Å². The van der Waals surface area contributed by atoms with Crippen molar-refractivity contribution in [1.29, 1.82) is 0 Å². The highest BCUT2D eigenvalue weighted by Crippen LogP contribution is 2.28. The Morgan fingerprint density at radius 2 is 2.25 bits per heavy atom. The third kappa shape index (κ3) is 2.86. The molecule has 2 N–H and O–H groups in total. The third-order valence-corrected chi connectivity index (χ3v) is 5.48. The van der Waals surface area contributed by atoms with Gasteiger partial charge in [0.2, 0.25) is 0 Å². The molecule has 0 bridgehead atoms. The van der Waals surface area contributed by atoms with Gasteiger partial charge in [-0.1, -0.05) is 20.3 Å². The quantitative estimate of drug-likeness (QED) is 0.765. The molecular weight excluding hydrogens is 186 g/mol.